The molecule has 1 aromatic carbocycles. The van der Waals surface area contributed by atoms with E-state index in [4.69, 9.17) is 5.73 Å². The largest absolute Gasteiger partial charge is 0.508 e. The summed E-state index contributed by atoms with van der Waals surface area (Å²) in [6, 6.07) is -9.03. The number of carbonyl (C=O) groups is 10. The average molecular weight is 984 g/mol. The number of hydrogen-bond acceptors (Lipinski definition) is 16. The minimum Gasteiger partial charge on any atom is -0.508 e. The number of carboxylic acid groups (broad SMARTS) is 2. The van der Waals surface area contributed by atoms with Crippen molar-refractivity contribution in [2.24, 2.45) is 23.5 Å². The molecule has 0 saturated carbocycles. The summed E-state index contributed by atoms with van der Waals surface area (Å²) in [6.07, 6.45) is -4.48. The molecule has 1 rings (SSSR count). The number of nitrogens with two attached hydrogens (primary N) is 1. The zero-order chi connectivity index (χ0) is 53.0. The second-order valence-electron chi connectivity index (χ2n) is 17.6. The van der Waals surface area contributed by atoms with Crippen molar-refractivity contribution < 1.29 is 83.7 Å². The first-order valence-electron chi connectivity index (χ1n) is 22.0. The van der Waals surface area contributed by atoms with E-state index in [1.54, 1.807) is 27.7 Å². The summed E-state index contributed by atoms with van der Waals surface area (Å²) in [5, 5.41) is 87.3. The number of phenolic OH excluding ortho intramolecular Hbond substituents is 1. The molecule has 11 atom stereocenters. The Morgan fingerprint density at radius 3 is 1.26 bits per heavy atom. The van der Waals surface area contributed by atoms with Gasteiger partial charge in [-0.2, -0.15) is 0 Å². The molecule has 26 nitrogen and oxygen atoms in total. The summed E-state index contributed by atoms with van der Waals surface area (Å²) < 4.78 is 0. The molecule has 388 valence electrons. The third-order valence-electron chi connectivity index (χ3n) is 10.3. The number of aliphatic hydroxyl groups is 4. The van der Waals surface area contributed by atoms with Gasteiger partial charge < -0.3 is 84.0 Å². The van der Waals surface area contributed by atoms with E-state index in [9.17, 15) is 83.7 Å². The minimum atomic E-state index is -1.98. The van der Waals surface area contributed by atoms with Gasteiger partial charge in [-0.1, -0.05) is 53.7 Å². The van der Waals surface area contributed by atoms with Crippen molar-refractivity contribution >= 4 is 59.2 Å². The number of rotatable bonds is 29. The Kier molecular flexibility index (Phi) is 25.2. The zero-order valence-electron chi connectivity index (χ0n) is 39.7. The lowest BCUT2D eigenvalue weighted by molar-refractivity contribution is -0.144. The van der Waals surface area contributed by atoms with E-state index in [0.717, 1.165) is 13.8 Å². The maximum atomic E-state index is 13.7. The molecule has 0 spiro atoms. The summed E-state index contributed by atoms with van der Waals surface area (Å²) in [7, 11) is 0. The Morgan fingerprint density at radius 2 is 0.855 bits per heavy atom. The Hall–Kier alpha value is -6.48. The molecule has 0 saturated heterocycles. The van der Waals surface area contributed by atoms with E-state index in [2.05, 4.69) is 42.5 Å². The van der Waals surface area contributed by atoms with Crippen LogP contribution in [-0.2, 0) is 54.4 Å². The summed E-state index contributed by atoms with van der Waals surface area (Å²) in [4.78, 5) is 130. The van der Waals surface area contributed by atoms with Gasteiger partial charge in [0.15, 0.2) is 0 Å². The molecule has 0 fully saturated rings. The molecule has 26 heteroatoms. The van der Waals surface area contributed by atoms with Crippen LogP contribution in [0, 0.1) is 17.8 Å². The summed E-state index contributed by atoms with van der Waals surface area (Å²) >= 11 is 0. The van der Waals surface area contributed by atoms with Gasteiger partial charge in [-0.05, 0) is 62.1 Å². The summed E-state index contributed by atoms with van der Waals surface area (Å²) in [6.45, 7) is 9.48. The van der Waals surface area contributed by atoms with E-state index in [0.29, 0.717) is 5.56 Å². The van der Waals surface area contributed by atoms with E-state index in [-0.39, 0.29) is 24.5 Å². The monoisotopic (exact) mass is 983 g/mol. The van der Waals surface area contributed by atoms with Crippen molar-refractivity contribution in [3.8, 4) is 5.75 Å². The molecule has 1 aromatic rings. The van der Waals surface area contributed by atoms with Crippen LogP contribution >= 0.6 is 0 Å². The lowest BCUT2D eigenvalue weighted by Crippen LogP contribution is -2.64. The predicted molar refractivity (Wildman–Crippen MR) is 242 cm³/mol. The number of carboxylic acids is 2. The molecule has 0 unspecified atom stereocenters. The Bertz CT molecular complexity index is 1950. The Labute approximate surface area is 398 Å². The van der Waals surface area contributed by atoms with Crippen molar-refractivity contribution in [2.75, 3.05) is 13.2 Å². The molecule has 0 aliphatic heterocycles. The van der Waals surface area contributed by atoms with Crippen molar-refractivity contribution in [1.82, 2.24) is 42.5 Å². The number of phenols is 1. The topological polar surface area (TPSA) is 435 Å². The predicted octanol–water partition coefficient (Wildman–Crippen LogP) is -5.20. The van der Waals surface area contributed by atoms with Gasteiger partial charge in [0.25, 0.3) is 0 Å². The van der Waals surface area contributed by atoms with Crippen molar-refractivity contribution in [1.29, 1.82) is 0 Å². The highest BCUT2D eigenvalue weighted by atomic mass is 16.4. The van der Waals surface area contributed by atoms with Crippen LogP contribution in [0.2, 0.25) is 0 Å². The number of aliphatic carboxylic acids is 2. The standard InChI is InChI=1S/C43H69N9O17/c1-18(2)13-26(36(61)50-32(20(5)6)43(68)69)46-41(66)33(21(7)55)52-42(67)34(22(8)56)51-40(65)31(19(3)4)49-37(62)27(15-30(58)59)45-38(63)29(17-54)48-39(64)28(16-53)47-35(60)25(44)14-23-9-11-24(57)12-10-23/h9-12,18-22,25-29,31-34,53-57H,13-17,44H2,1-8H3,(H,45,63)(H,46,66)(H,47,60)(H,48,64)(H,49,62)(H,50,61)(H,51,65)(H,52,67)(H,58,59)(H,68,69)/t21-,22-,25+,26+,27+,28+,29+,31+,32+,33+,34+/m1/s1. The quantitative estimate of drug-likeness (QED) is 0.0357. The lowest BCUT2D eigenvalue weighted by Gasteiger charge is -2.30. The highest BCUT2D eigenvalue weighted by Gasteiger charge is 2.38. The number of aromatic hydroxyl groups is 1. The van der Waals surface area contributed by atoms with E-state index in [1.807, 2.05) is 0 Å². The molecule has 0 heterocycles. The number of amides is 8. The lowest BCUT2D eigenvalue weighted by atomic mass is 9.99. The van der Waals surface area contributed by atoms with Gasteiger partial charge in [0.1, 0.15) is 54.1 Å². The molecule has 17 N–H and O–H groups in total. The van der Waals surface area contributed by atoms with Crippen LogP contribution in [0.25, 0.3) is 0 Å². The third-order valence-corrected chi connectivity index (χ3v) is 10.3. The van der Waals surface area contributed by atoms with Gasteiger partial charge >= 0.3 is 11.9 Å². The smallest absolute Gasteiger partial charge is 0.326 e. The fraction of sp³-hybridized carbons (Fsp3) is 0.628. The van der Waals surface area contributed by atoms with Gasteiger partial charge in [-0.25, -0.2) is 4.79 Å². The molecular formula is C43H69N9O17. The molecule has 69 heavy (non-hydrogen) atoms. The maximum Gasteiger partial charge on any atom is 0.326 e. The van der Waals surface area contributed by atoms with Gasteiger partial charge in [0.05, 0.1) is 37.9 Å². The number of nitrogens with one attached hydrogen (secondary N) is 8. The molecule has 0 bridgehead atoms. The summed E-state index contributed by atoms with van der Waals surface area (Å²) in [5.41, 5.74) is 6.48. The van der Waals surface area contributed by atoms with Crippen molar-refractivity contribution in [3.05, 3.63) is 29.8 Å². The normalized spacial score (nSPS) is 16.1. The van der Waals surface area contributed by atoms with Crippen LogP contribution in [0.5, 0.6) is 5.75 Å². The van der Waals surface area contributed by atoms with Gasteiger partial charge in [-0.3, -0.25) is 43.2 Å². The van der Waals surface area contributed by atoms with E-state index >= 15 is 0 Å². The second-order valence-corrected chi connectivity index (χ2v) is 17.6. The van der Waals surface area contributed by atoms with Crippen LogP contribution in [0.3, 0.4) is 0 Å². The van der Waals surface area contributed by atoms with Crippen LogP contribution in [-0.4, -0.2) is 175 Å². The fourth-order valence-electron chi connectivity index (χ4n) is 6.39. The van der Waals surface area contributed by atoms with E-state index in [1.165, 1.54) is 38.1 Å². The molecule has 0 radical (unpaired) electrons. The second kappa shape index (κ2) is 28.8. The first kappa shape index (κ1) is 60.5. The fourth-order valence-corrected chi connectivity index (χ4v) is 6.39. The zero-order valence-corrected chi connectivity index (χ0v) is 39.7. The number of benzene rings is 1. The number of carbonyl (C=O) groups excluding carboxylic acids is 8. The SMILES string of the molecule is CC(C)C[C@H](NC(=O)[C@@H](NC(=O)[C@@H](NC(=O)[C@@H](NC(=O)[C@H](CC(=O)O)NC(=O)[C@H](CO)NC(=O)[C@H](CO)NC(=O)[C@@H](N)Cc1ccc(O)cc1)C(C)C)[C@@H](C)O)[C@@H](C)O)C(=O)N[C@H](C(=O)O)C(C)C. The van der Waals surface area contributed by atoms with Gasteiger partial charge in [-0.15, -0.1) is 0 Å². The summed E-state index contributed by atoms with van der Waals surface area (Å²) in [5.74, 6) is -13.6. The molecular weight excluding hydrogens is 915 g/mol. The van der Waals surface area contributed by atoms with Crippen LogP contribution < -0.4 is 48.3 Å². The van der Waals surface area contributed by atoms with Gasteiger partial charge in [0.2, 0.25) is 47.3 Å². The van der Waals surface area contributed by atoms with Crippen molar-refractivity contribution in [2.45, 2.75) is 141 Å². The molecule has 0 aliphatic carbocycles. The number of aliphatic hydroxyl groups excluding tert-OH is 4. The first-order valence-corrected chi connectivity index (χ1v) is 22.0. The first-order chi connectivity index (χ1) is 32.0. The van der Waals surface area contributed by atoms with E-state index < -0.39 is 157 Å². The molecule has 0 aromatic heterocycles. The number of hydrogen-bond donors (Lipinski definition) is 16. The maximum absolute atomic E-state index is 13.7. The molecule has 0 aliphatic rings. The minimum absolute atomic E-state index is 0.0138. The van der Waals surface area contributed by atoms with Crippen molar-refractivity contribution in [3.63, 3.8) is 0 Å². The highest BCUT2D eigenvalue weighted by Crippen LogP contribution is 2.13. The Balaban J connectivity index is 3.19. The Morgan fingerprint density at radius 1 is 0.493 bits per heavy atom. The average Bonchev–Trinajstić information content (AvgIpc) is 3.25. The van der Waals surface area contributed by atoms with Crippen LogP contribution in [0.1, 0.15) is 73.8 Å². The highest BCUT2D eigenvalue weighted by molar-refractivity contribution is 5.99. The van der Waals surface area contributed by atoms with Gasteiger partial charge in [0, 0.05) is 0 Å². The molecule has 8 amide bonds. The van der Waals surface area contributed by atoms with Crippen LogP contribution in [0.4, 0.5) is 0 Å². The third kappa shape index (κ3) is 20.3. The van der Waals surface area contributed by atoms with Crippen LogP contribution in [0.15, 0.2) is 24.3 Å².